The average molecular weight is 258 g/mol. The maximum atomic E-state index is 4.34. The zero-order valence-corrected chi connectivity index (χ0v) is 9.69. The Labute approximate surface area is 88.7 Å². The second-order valence-corrected chi connectivity index (χ2v) is 4.28. The predicted octanol–water partition coefficient (Wildman–Crippen LogP) is 2.52. The topological polar surface area (TPSA) is 30.2 Å². The lowest BCUT2D eigenvalue weighted by Gasteiger charge is -1.97. The smallest absolute Gasteiger partial charge is 0.207 e. The van der Waals surface area contributed by atoms with Gasteiger partial charge in [-0.25, -0.2) is 9.50 Å². The lowest BCUT2D eigenvalue weighted by atomic mass is 10.3. The molecule has 5 heteroatoms. The van der Waals surface area contributed by atoms with Gasteiger partial charge < -0.3 is 0 Å². The van der Waals surface area contributed by atoms with Crippen LogP contribution in [0.1, 0.15) is 5.56 Å². The Morgan fingerprint density at radius 1 is 1.54 bits per heavy atom. The molecule has 0 unspecified atom stereocenters. The van der Waals surface area contributed by atoms with E-state index in [2.05, 4.69) is 26.0 Å². The molecule has 0 fully saturated rings. The number of aryl methyl sites for hydroxylation is 1. The van der Waals surface area contributed by atoms with Crippen LogP contribution in [0.4, 0.5) is 0 Å². The summed E-state index contributed by atoms with van der Waals surface area (Å²) in [5.74, 6) is 0. The van der Waals surface area contributed by atoms with Crippen molar-refractivity contribution in [3.8, 4) is 0 Å². The Bertz CT molecular complexity index is 452. The number of fused-ring (bicyclic) bond motifs is 1. The van der Waals surface area contributed by atoms with E-state index < -0.39 is 0 Å². The summed E-state index contributed by atoms with van der Waals surface area (Å²) in [6.07, 6.45) is 3.81. The van der Waals surface area contributed by atoms with Crippen molar-refractivity contribution in [1.29, 1.82) is 0 Å². The Hall–Kier alpha value is -0.550. The fraction of sp³-hybridized carbons (Fsp3) is 0.250. The van der Waals surface area contributed by atoms with Gasteiger partial charge in [-0.2, -0.15) is 0 Å². The van der Waals surface area contributed by atoms with E-state index in [1.165, 1.54) is 17.3 Å². The van der Waals surface area contributed by atoms with Crippen LogP contribution >= 0.6 is 27.7 Å². The van der Waals surface area contributed by atoms with Gasteiger partial charge in [-0.05, 0) is 40.7 Å². The van der Waals surface area contributed by atoms with Crippen LogP contribution in [-0.4, -0.2) is 20.9 Å². The quantitative estimate of drug-likeness (QED) is 0.736. The predicted molar refractivity (Wildman–Crippen MR) is 57.2 cm³/mol. The highest BCUT2D eigenvalue weighted by Gasteiger charge is 2.05. The van der Waals surface area contributed by atoms with E-state index in [4.69, 9.17) is 0 Å². The first-order valence-corrected chi connectivity index (χ1v) is 5.79. The summed E-state index contributed by atoms with van der Waals surface area (Å²) in [4.78, 5) is 4.21. The largest absolute Gasteiger partial charge is 0.227 e. The Kier molecular flexibility index (Phi) is 2.29. The minimum atomic E-state index is 0.781. The maximum absolute atomic E-state index is 4.34. The molecule has 0 aliphatic carbocycles. The van der Waals surface area contributed by atoms with Gasteiger partial charge in [0, 0.05) is 0 Å². The van der Waals surface area contributed by atoms with Crippen molar-refractivity contribution in [1.82, 2.24) is 14.6 Å². The van der Waals surface area contributed by atoms with Crippen LogP contribution in [0.25, 0.3) is 5.52 Å². The Balaban J connectivity index is 2.76. The number of hydrogen-bond donors (Lipinski definition) is 0. The molecule has 2 heterocycles. The van der Waals surface area contributed by atoms with E-state index >= 15 is 0 Å². The minimum Gasteiger partial charge on any atom is -0.227 e. The van der Waals surface area contributed by atoms with Crippen LogP contribution in [0, 0.1) is 6.92 Å². The third kappa shape index (κ3) is 1.46. The van der Waals surface area contributed by atoms with Gasteiger partial charge in [-0.1, -0.05) is 11.8 Å². The molecule has 0 spiro atoms. The summed E-state index contributed by atoms with van der Waals surface area (Å²) in [5, 5.41) is 5.12. The van der Waals surface area contributed by atoms with Gasteiger partial charge in [0.25, 0.3) is 0 Å². The fourth-order valence-corrected chi connectivity index (χ4v) is 2.11. The highest BCUT2D eigenvalue weighted by Crippen LogP contribution is 2.20. The van der Waals surface area contributed by atoms with E-state index in [0.29, 0.717) is 0 Å². The van der Waals surface area contributed by atoms with Gasteiger partial charge in [0.15, 0.2) is 0 Å². The minimum absolute atomic E-state index is 0.781. The molecular weight excluding hydrogens is 250 g/mol. The number of aromatic nitrogens is 3. The molecule has 2 aromatic heterocycles. The zero-order valence-electron chi connectivity index (χ0n) is 7.28. The van der Waals surface area contributed by atoms with Crippen molar-refractivity contribution >= 4 is 33.2 Å². The molecule has 0 aliphatic rings. The molecular formula is C8H8BrN3S. The van der Waals surface area contributed by atoms with Crippen molar-refractivity contribution in [2.24, 2.45) is 0 Å². The molecule has 0 saturated carbocycles. The van der Waals surface area contributed by atoms with E-state index in [-0.39, 0.29) is 0 Å². The zero-order chi connectivity index (χ0) is 9.42. The molecule has 68 valence electrons. The standard InChI is InChI=1S/C8H8BrN3S/c1-5-3-7(9)12-6(5)4-10-8(11-12)13-2/h3-4H,1-2H3. The summed E-state index contributed by atoms with van der Waals surface area (Å²) < 4.78 is 2.83. The summed E-state index contributed by atoms with van der Waals surface area (Å²) in [6, 6.07) is 2.04. The maximum Gasteiger partial charge on any atom is 0.207 e. The molecule has 0 amide bonds. The number of hydrogen-bond acceptors (Lipinski definition) is 3. The number of nitrogens with zero attached hydrogens (tertiary/aromatic N) is 3. The fourth-order valence-electron chi connectivity index (χ4n) is 1.18. The molecule has 0 atom stereocenters. The van der Waals surface area contributed by atoms with Crippen LogP contribution < -0.4 is 0 Å². The van der Waals surface area contributed by atoms with Crippen LogP contribution in [0.5, 0.6) is 0 Å². The van der Waals surface area contributed by atoms with Gasteiger partial charge in [-0.3, -0.25) is 0 Å². The van der Waals surface area contributed by atoms with Crippen molar-refractivity contribution in [3.63, 3.8) is 0 Å². The average Bonchev–Trinajstić information content (AvgIpc) is 2.42. The molecule has 0 radical (unpaired) electrons. The van der Waals surface area contributed by atoms with Crippen LogP contribution in [-0.2, 0) is 0 Å². The second-order valence-electron chi connectivity index (χ2n) is 2.69. The summed E-state index contributed by atoms with van der Waals surface area (Å²) in [6.45, 7) is 2.04. The van der Waals surface area contributed by atoms with Crippen LogP contribution in [0.2, 0.25) is 0 Å². The molecule has 2 rings (SSSR count). The van der Waals surface area contributed by atoms with Crippen LogP contribution in [0.15, 0.2) is 22.0 Å². The SMILES string of the molecule is CSc1ncc2c(C)cc(Br)n2n1. The summed E-state index contributed by atoms with van der Waals surface area (Å²) >= 11 is 4.98. The van der Waals surface area contributed by atoms with Crippen LogP contribution in [0.3, 0.4) is 0 Å². The number of rotatable bonds is 1. The van der Waals surface area contributed by atoms with Gasteiger partial charge in [-0.15, -0.1) is 5.10 Å². The summed E-state index contributed by atoms with van der Waals surface area (Å²) in [5.41, 5.74) is 2.23. The van der Waals surface area contributed by atoms with Crippen molar-refractivity contribution < 1.29 is 0 Å². The van der Waals surface area contributed by atoms with Gasteiger partial charge in [0.1, 0.15) is 4.60 Å². The third-order valence-corrected chi connectivity index (χ3v) is 2.95. The monoisotopic (exact) mass is 257 g/mol. The number of thioether (sulfide) groups is 1. The second kappa shape index (κ2) is 3.31. The highest BCUT2D eigenvalue weighted by molar-refractivity contribution is 9.10. The molecule has 3 nitrogen and oxygen atoms in total. The van der Waals surface area contributed by atoms with Crippen molar-refractivity contribution in [3.05, 3.63) is 22.4 Å². The normalized spacial score (nSPS) is 11.0. The van der Waals surface area contributed by atoms with Gasteiger partial charge >= 0.3 is 0 Å². The van der Waals surface area contributed by atoms with E-state index in [9.17, 15) is 0 Å². The molecule has 0 aliphatic heterocycles. The molecule has 2 aromatic rings. The first kappa shape index (κ1) is 9.02. The highest BCUT2D eigenvalue weighted by atomic mass is 79.9. The van der Waals surface area contributed by atoms with Gasteiger partial charge in [0.2, 0.25) is 5.16 Å². The lowest BCUT2D eigenvalue weighted by molar-refractivity contribution is 0.786. The van der Waals surface area contributed by atoms with E-state index in [1.807, 2.05) is 30.0 Å². The van der Waals surface area contributed by atoms with Crippen molar-refractivity contribution in [2.45, 2.75) is 12.1 Å². The summed E-state index contributed by atoms with van der Waals surface area (Å²) in [7, 11) is 0. The first-order chi connectivity index (χ1) is 6.22. The number of halogens is 1. The molecule has 0 saturated heterocycles. The Morgan fingerprint density at radius 2 is 2.31 bits per heavy atom. The molecule has 0 N–H and O–H groups in total. The third-order valence-electron chi connectivity index (χ3n) is 1.84. The lowest BCUT2D eigenvalue weighted by Crippen LogP contribution is -1.95. The van der Waals surface area contributed by atoms with Gasteiger partial charge in [0.05, 0.1) is 11.7 Å². The van der Waals surface area contributed by atoms with Crippen molar-refractivity contribution in [2.75, 3.05) is 6.26 Å². The first-order valence-electron chi connectivity index (χ1n) is 3.77. The molecule has 13 heavy (non-hydrogen) atoms. The Morgan fingerprint density at radius 3 is 3.00 bits per heavy atom. The van der Waals surface area contributed by atoms with E-state index in [1.54, 1.807) is 0 Å². The molecule has 0 aromatic carbocycles. The van der Waals surface area contributed by atoms with E-state index in [0.717, 1.165) is 15.3 Å². The molecule has 0 bridgehead atoms.